The van der Waals surface area contributed by atoms with E-state index in [1.807, 2.05) is 54.7 Å². The van der Waals surface area contributed by atoms with Crippen molar-refractivity contribution in [3.05, 3.63) is 48.3 Å². The standard InChI is InChI=1S/C22H30N4O3/c1-24-15-18(14-23-24)22-20(16-25-10-6-3-7-11-25)28-13-12-26(22)21(27)17-29-19-8-4-2-5-9-19/h2,4-5,8-9,14-15,20,22H,3,6-7,10-13,16-17H2,1H3/t20-,22-/m0/s1. The molecule has 2 aliphatic heterocycles. The number of morpholine rings is 1. The second kappa shape index (κ2) is 9.41. The number of benzene rings is 1. The van der Waals surface area contributed by atoms with Gasteiger partial charge in [0.2, 0.25) is 0 Å². The average molecular weight is 399 g/mol. The van der Waals surface area contributed by atoms with Gasteiger partial charge in [0.1, 0.15) is 5.75 Å². The molecule has 0 unspecified atom stereocenters. The van der Waals surface area contributed by atoms with Crippen molar-refractivity contribution in [2.24, 2.45) is 7.05 Å². The van der Waals surface area contributed by atoms with Crippen LogP contribution in [-0.2, 0) is 16.6 Å². The van der Waals surface area contributed by atoms with Gasteiger partial charge >= 0.3 is 0 Å². The molecule has 156 valence electrons. The van der Waals surface area contributed by atoms with E-state index >= 15 is 0 Å². The number of aryl methyl sites for hydroxylation is 1. The summed E-state index contributed by atoms with van der Waals surface area (Å²) in [6, 6.07) is 9.32. The summed E-state index contributed by atoms with van der Waals surface area (Å²) in [5.41, 5.74) is 1.02. The van der Waals surface area contributed by atoms with Gasteiger partial charge in [0.25, 0.3) is 5.91 Å². The second-order valence-corrected chi connectivity index (χ2v) is 7.85. The molecule has 7 nitrogen and oxygen atoms in total. The molecule has 1 aromatic carbocycles. The Hall–Kier alpha value is -2.38. The molecule has 4 rings (SSSR count). The van der Waals surface area contributed by atoms with Gasteiger partial charge in [-0.2, -0.15) is 5.10 Å². The number of para-hydroxylation sites is 1. The minimum Gasteiger partial charge on any atom is -0.484 e. The first-order chi connectivity index (χ1) is 14.2. The summed E-state index contributed by atoms with van der Waals surface area (Å²) in [5, 5.41) is 4.34. The van der Waals surface area contributed by atoms with Crippen molar-refractivity contribution in [1.82, 2.24) is 19.6 Å². The maximum Gasteiger partial charge on any atom is 0.261 e. The maximum absolute atomic E-state index is 13.1. The number of ether oxygens (including phenoxy) is 2. The highest BCUT2D eigenvalue weighted by Crippen LogP contribution is 2.31. The van der Waals surface area contributed by atoms with Gasteiger partial charge in [0, 0.05) is 31.9 Å². The van der Waals surface area contributed by atoms with Gasteiger partial charge in [-0.1, -0.05) is 24.6 Å². The molecule has 0 bridgehead atoms. The fraction of sp³-hybridized carbons (Fsp3) is 0.545. The molecule has 2 fully saturated rings. The fourth-order valence-corrected chi connectivity index (χ4v) is 4.29. The zero-order valence-electron chi connectivity index (χ0n) is 17.1. The molecule has 7 heteroatoms. The molecule has 2 aromatic rings. The number of carbonyl (C=O) groups excluding carboxylic acids is 1. The number of rotatable bonds is 6. The Morgan fingerprint density at radius 3 is 2.69 bits per heavy atom. The predicted molar refractivity (Wildman–Crippen MR) is 110 cm³/mol. The lowest BCUT2D eigenvalue weighted by Crippen LogP contribution is -2.53. The van der Waals surface area contributed by atoms with Crippen molar-refractivity contribution in [2.45, 2.75) is 31.4 Å². The Bertz CT molecular complexity index is 788. The third-order valence-corrected chi connectivity index (χ3v) is 5.73. The van der Waals surface area contributed by atoms with Crippen LogP contribution >= 0.6 is 0 Å². The highest BCUT2D eigenvalue weighted by molar-refractivity contribution is 5.78. The molecule has 2 saturated heterocycles. The topological polar surface area (TPSA) is 59.8 Å². The molecule has 0 aliphatic carbocycles. The van der Waals surface area contributed by atoms with Crippen molar-refractivity contribution in [3.63, 3.8) is 0 Å². The van der Waals surface area contributed by atoms with E-state index in [0.29, 0.717) is 18.9 Å². The van der Waals surface area contributed by atoms with E-state index in [-0.39, 0.29) is 24.7 Å². The Morgan fingerprint density at radius 1 is 1.17 bits per heavy atom. The van der Waals surface area contributed by atoms with Crippen LogP contribution in [0.1, 0.15) is 30.9 Å². The van der Waals surface area contributed by atoms with Crippen molar-refractivity contribution in [1.29, 1.82) is 0 Å². The Balaban J connectivity index is 1.49. The number of hydrogen-bond donors (Lipinski definition) is 0. The van der Waals surface area contributed by atoms with E-state index in [9.17, 15) is 4.79 Å². The second-order valence-electron chi connectivity index (χ2n) is 7.85. The van der Waals surface area contributed by atoms with Gasteiger partial charge in [-0.15, -0.1) is 0 Å². The monoisotopic (exact) mass is 398 g/mol. The summed E-state index contributed by atoms with van der Waals surface area (Å²) in [4.78, 5) is 17.5. The molecule has 0 N–H and O–H groups in total. The van der Waals surface area contributed by atoms with E-state index in [0.717, 1.165) is 25.2 Å². The van der Waals surface area contributed by atoms with E-state index in [1.54, 1.807) is 4.68 Å². The van der Waals surface area contributed by atoms with Crippen LogP contribution in [0.15, 0.2) is 42.7 Å². The van der Waals surface area contributed by atoms with Crippen LogP contribution in [0.25, 0.3) is 0 Å². The minimum atomic E-state index is -0.147. The number of hydrogen-bond acceptors (Lipinski definition) is 5. The molecule has 0 saturated carbocycles. The molecule has 2 atom stereocenters. The number of likely N-dealkylation sites (tertiary alicyclic amines) is 1. The van der Waals surface area contributed by atoms with Crippen molar-refractivity contribution in [3.8, 4) is 5.75 Å². The van der Waals surface area contributed by atoms with Gasteiger partial charge in [0.15, 0.2) is 6.61 Å². The first-order valence-electron chi connectivity index (χ1n) is 10.5. The quantitative estimate of drug-likeness (QED) is 0.747. The number of piperidine rings is 1. The summed E-state index contributed by atoms with van der Waals surface area (Å²) in [6.07, 6.45) is 7.54. The van der Waals surface area contributed by atoms with Gasteiger partial charge in [0.05, 0.1) is 24.9 Å². The lowest BCUT2D eigenvalue weighted by atomic mass is 9.99. The molecule has 0 spiro atoms. The molecule has 3 heterocycles. The molecule has 2 aliphatic rings. The SMILES string of the molecule is Cn1cc([C@H]2[C@H](CN3CCCCC3)OCCN2C(=O)COc2ccccc2)cn1. The van der Waals surface area contributed by atoms with Crippen LogP contribution in [0.4, 0.5) is 0 Å². The van der Waals surface area contributed by atoms with Gasteiger partial charge in [-0.25, -0.2) is 0 Å². The third kappa shape index (κ3) is 4.97. The van der Waals surface area contributed by atoms with E-state index < -0.39 is 0 Å². The van der Waals surface area contributed by atoms with Crippen LogP contribution in [0.5, 0.6) is 5.75 Å². The number of carbonyl (C=O) groups is 1. The van der Waals surface area contributed by atoms with E-state index in [4.69, 9.17) is 9.47 Å². The summed E-state index contributed by atoms with van der Waals surface area (Å²) in [5.74, 6) is 0.687. The van der Waals surface area contributed by atoms with Crippen molar-refractivity contribution < 1.29 is 14.3 Å². The van der Waals surface area contributed by atoms with Gasteiger partial charge in [-0.3, -0.25) is 9.48 Å². The first kappa shape index (κ1) is 19.9. The maximum atomic E-state index is 13.1. The lowest BCUT2D eigenvalue weighted by molar-refractivity contribution is -0.150. The number of aromatic nitrogens is 2. The summed E-state index contributed by atoms with van der Waals surface area (Å²) < 4.78 is 13.7. The van der Waals surface area contributed by atoms with Crippen LogP contribution < -0.4 is 4.74 Å². The normalized spacial score (nSPS) is 23.1. The summed E-state index contributed by atoms with van der Waals surface area (Å²) in [7, 11) is 1.90. The van der Waals surface area contributed by atoms with Gasteiger partial charge < -0.3 is 19.3 Å². The minimum absolute atomic E-state index is 0.0188. The van der Waals surface area contributed by atoms with Crippen LogP contribution in [0, 0.1) is 0 Å². The lowest BCUT2D eigenvalue weighted by Gasteiger charge is -2.43. The largest absolute Gasteiger partial charge is 0.484 e. The van der Waals surface area contributed by atoms with Crippen LogP contribution in [-0.4, -0.2) is 71.0 Å². The van der Waals surface area contributed by atoms with Crippen LogP contribution in [0.2, 0.25) is 0 Å². The number of amides is 1. The molecule has 0 radical (unpaired) electrons. The van der Waals surface area contributed by atoms with Crippen LogP contribution in [0.3, 0.4) is 0 Å². The Kier molecular flexibility index (Phi) is 6.46. The number of nitrogens with zero attached hydrogens (tertiary/aromatic N) is 4. The molecule has 29 heavy (non-hydrogen) atoms. The first-order valence-corrected chi connectivity index (χ1v) is 10.5. The zero-order chi connectivity index (χ0) is 20.1. The summed E-state index contributed by atoms with van der Waals surface area (Å²) in [6.45, 7) is 4.18. The molecular formula is C22H30N4O3. The van der Waals surface area contributed by atoms with Crippen molar-refractivity contribution in [2.75, 3.05) is 39.4 Å². The zero-order valence-corrected chi connectivity index (χ0v) is 17.1. The van der Waals surface area contributed by atoms with Crippen molar-refractivity contribution >= 4 is 5.91 Å². The van der Waals surface area contributed by atoms with Gasteiger partial charge in [-0.05, 0) is 38.1 Å². The smallest absolute Gasteiger partial charge is 0.261 e. The van der Waals surface area contributed by atoms with E-state index in [2.05, 4.69) is 10.00 Å². The highest BCUT2D eigenvalue weighted by atomic mass is 16.5. The third-order valence-electron chi connectivity index (χ3n) is 5.73. The molecular weight excluding hydrogens is 368 g/mol. The average Bonchev–Trinajstić information content (AvgIpc) is 3.19. The Morgan fingerprint density at radius 2 is 1.97 bits per heavy atom. The summed E-state index contributed by atoms with van der Waals surface area (Å²) >= 11 is 0. The fourth-order valence-electron chi connectivity index (χ4n) is 4.29. The molecule has 1 aromatic heterocycles. The predicted octanol–water partition coefficient (Wildman–Crippen LogP) is 2.25. The highest BCUT2D eigenvalue weighted by Gasteiger charge is 2.38. The Labute approximate surface area is 172 Å². The van der Waals surface area contributed by atoms with E-state index in [1.165, 1.54) is 19.3 Å². The molecule has 1 amide bonds.